The van der Waals surface area contributed by atoms with E-state index in [0.717, 1.165) is 0 Å². The van der Waals surface area contributed by atoms with Crippen molar-refractivity contribution < 1.29 is 0 Å². The Morgan fingerprint density at radius 2 is 0.486 bits per heavy atom. The van der Waals surface area contributed by atoms with E-state index in [1.165, 1.54) is 131 Å². The minimum absolute atomic E-state index is 1.18. The summed E-state index contributed by atoms with van der Waals surface area (Å²) in [5, 5.41) is 14.9. The van der Waals surface area contributed by atoms with Gasteiger partial charge >= 0.3 is 0 Å². The fourth-order valence-corrected chi connectivity index (χ4v) is 10.7. The second kappa shape index (κ2) is 17.5. The van der Waals surface area contributed by atoms with Gasteiger partial charge in [-0.25, -0.2) is 0 Å². The molecule has 0 radical (unpaired) electrons. The zero-order chi connectivity index (χ0) is 46.4. The predicted molar refractivity (Wildman–Crippen MR) is 302 cm³/mol. The van der Waals surface area contributed by atoms with Gasteiger partial charge in [0.25, 0.3) is 0 Å². The minimum Gasteiger partial charge on any atom is -0.0616 e. The summed E-state index contributed by atoms with van der Waals surface area (Å²) in [7, 11) is 0. The maximum Gasteiger partial charge on any atom is -0.00264 e. The lowest BCUT2D eigenvalue weighted by molar-refractivity contribution is 1.56. The molecule has 13 rings (SSSR count). The SMILES string of the molecule is C(=C(c1ccc(-c2c3ccccc3c(-c3ccc(C(=Cc4ccc5ccccc5c4)c4ccc5ccccc5c4)cc3)c3ccccc23)cc1)c1ccc2ccccc2c1)c1ccc2ccccc2c1. The van der Waals surface area contributed by atoms with E-state index in [1.54, 1.807) is 0 Å². The van der Waals surface area contributed by atoms with Gasteiger partial charge in [0.1, 0.15) is 0 Å². The Hall–Kier alpha value is -9.10. The van der Waals surface area contributed by atoms with E-state index < -0.39 is 0 Å². The monoisotopic (exact) mass is 886 g/mol. The summed E-state index contributed by atoms with van der Waals surface area (Å²) < 4.78 is 0. The zero-order valence-corrected chi connectivity index (χ0v) is 38.6. The Labute approximate surface area is 408 Å². The van der Waals surface area contributed by atoms with Crippen molar-refractivity contribution in [1.29, 1.82) is 0 Å². The summed E-state index contributed by atoms with van der Waals surface area (Å²) >= 11 is 0. The van der Waals surface area contributed by atoms with E-state index in [2.05, 4.69) is 279 Å². The first-order valence-corrected chi connectivity index (χ1v) is 24.2. The lowest BCUT2D eigenvalue weighted by Crippen LogP contribution is -1.93. The minimum atomic E-state index is 1.18. The third-order valence-corrected chi connectivity index (χ3v) is 14.2. The normalized spacial score (nSPS) is 12.2. The van der Waals surface area contributed by atoms with Crippen LogP contribution in [0.4, 0.5) is 0 Å². The van der Waals surface area contributed by atoms with Crippen LogP contribution in [0.15, 0.2) is 267 Å². The fraction of sp³-hybridized carbons (Fsp3) is 0. The fourth-order valence-electron chi connectivity index (χ4n) is 10.7. The molecular weight excluding hydrogens is 841 g/mol. The van der Waals surface area contributed by atoms with Crippen LogP contribution in [0.25, 0.3) is 110 Å². The number of fused-ring (bicyclic) bond motifs is 6. The lowest BCUT2D eigenvalue weighted by Gasteiger charge is -2.19. The Bertz CT molecular complexity index is 3870. The van der Waals surface area contributed by atoms with Gasteiger partial charge in [0.2, 0.25) is 0 Å². The van der Waals surface area contributed by atoms with Crippen LogP contribution in [-0.2, 0) is 0 Å². The molecule has 0 fully saturated rings. The van der Waals surface area contributed by atoms with Crippen molar-refractivity contribution in [1.82, 2.24) is 0 Å². The standard InChI is InChI=1S/C70H46/c1-5-17-57-41-47(25-27-49(57)13-1)43-67(61-39-29-51-15-3-7-19-59(51)45-61)53-31-35-55(36-32-53)69-63-21-9-11-23-65(63)70(66-24-12-10-22-64(66)69)56-37-33-54(34-38-56)68(62-40-30-52-16-4-8-20-60(52)46-62)44-48-26-28-50-14-2-6-18-58(50)42-48/h1-46H. The van der Waals surface area contributed by atoms with E-state index in [1.807, 2.05) is 0 Å². The molecule has 0 saturated heterocycles. The van der Waals surface area contributed by atoms with Gasteiger partial charge in [-0.1, -0.05) is 243 Å². The van der Waals surface area contributed by atoms with Crippen LogP contribution >= 0.6 is 0 Å². The van der Waals surface area contributed by atoms with Crippen molar-refractivity contribution in [2.45, 2.75) is 0 Å². The van der Waals surface area contributed by atoms with Crippen LogP contribution in [-0.4, -0.2) is 0 Å². The number of hydrogen-bond acceptors (Lipinski definition) is 0. The molecule has 0 bridgehead atoms. The van der Waals surface area contributed by atoms with Crippen molar-refractivity contribution >= 4 is 87.9 Å². The molecule has 0 saturated carbocycles. The van der Waals surface area contributed by atoms with Crippen molar-refractivity contribution in [3.05, 3.63) is 300 Å². The van der Waals surface area contributed by atoms with Crippen LogP contribution in [0.2, 0.25) is 0 Å². The summed E-state index contributed by atoms with van der Waals surface area (Å²) in [6.45, 7) is 0. The highest BCUT2D eigenvalue weighted by atomic mass is 14.2. The molecule has 13 aromatic rings. The molecule has 0 aliphatic carbocycles. The molecule has 0 heteroatoms. The van der Waals surface area contributed by atoms with Crippen LogP contribution in [0.5, 0.6) is 0 Å². The van der Waals surface area contributed by atoms with Crippen LogP contribution in [0.1, 0.15) is 33.4 Å². The maximum absolute atomic E-state index is 2.35. The molecule has 0 N–H and O–H groups in total. The van der Waals surface area contributed by atoms with Crippen molar-refractivity contribution in [3.63, 3.8) is 0 Å². The number of benzene rings is 13. The van der Waals surface area contributed by atoms with Crippen molar-refractivity contribution in [3.8, 4) is 22.3 Å². The average molecular weight is 887 g/mol. The highest BCUT2D eigenvalue weighted by Crippen LogP contribution is 2.45. The van der Waals surface area contributed by atoms with Gasteiger partial charge in [0.05, 0.1) is 0 Å². The first-order chi connectivity index (χ1) is 34.7. The zero-order valence-electron chi connectivity index (χ0n) is 38.6. The predicted octanol–water partition coefficient (Wildman–Crippen LogP) is 19.1. The molecule has 0 aliphatic rings. The second-order valence-electron chi connectivity index (χ2n) is 18.4. The van der Waals surface area contributed by atoms with Gasteiger partial charge < -0.3 is 0 Å². The average Bonchev–Trinajstić information content (AvgIpc) is 3.43. The Morgan fingerprint density at radius 3 is 0.829 bits per heavy atom. The van der Waals surface area contributed by atoms with Gasteiger partial charge in [-0.15, -0.1) is 0 Å². The largest absolute Gasteiger partial charge is 0.0616 e. The number of hydrogen-bond donors (Lipinski definition) is 0. The van der Waals surface area contributed by atoms with E-state index in [-0.39, 0.29) is 0 Å². The summed E-state index contributed by atoms with van der Waals surface area (Å²) in [4.78, 5) is 0. The van der Waals surface area contributed by atoms with Crippen molar-refractivity contribution in [2.75, 3.05) is 0 Å². The van der Waals surface area contributed by atoms with Gasteiger partial charge in [-0.05, 0) is 168 Å². The van der Waals surface area contributed by atoms with E-state index in [9.17, 15) is 0 Å². The van der Waals surface area contributed by atoms with Crippen molar-refractivity contribution in [2.24, 2.45) is 0 Å². The Kier molecular flexibility index (Phi) is 10.3. The first kappa shape index (κ1) is 41.1. The Balaban J connectivity index is 0.917. The van der Waals surface area contributed by atoms with Crippen LogP contribution in [0.3, 0.4) is 0 Å². The molecular formula is C70H46. The summed E-state index contributed by atoms with van der Waals surface area (Å²) in [6.07, 6.45) is 4.70. The van der Waals surface area contributed by atoms with E-state index in [4.69, 9.17) is 0 Å². The molecule has 13 aromatic carbocycles. The van der Waals surface area contributed by atoms with Gasteiger partial charge in [-0.2, -0.15) is 0 Å². The van der Waals surface area contributed by atoms with Crippen LogP contribution < -0.4 is 0 Å². The van der Waals surface area contributed by atoms with E-state index in [0.29, 0.717) is 0 Å². The molecule has 0 aromatic heterocycles. The summed E-state index contributed by atoms with van der Waals surface area (Å²) in [6, 6.07) is 98.1. The van der Waals surface area contributed by atoms with Gasteiger partial charge in [0.15, 0.2) is 0 Å². The molecule has 0 heterocycles. The molecule has 0 spiro atoms. The molecule has 70 heavy (non-hydrogen) atoms. The summed E-state index contributed by atoms with van der Waals surface area (Å²) in [5.74, 6) is 0. The molecule has 0 nitrogen and oxygen atoms in total. The quantitative estimate of drug-likeness (QED) is 0.105. The molecule has 0 amide bonds. The van der Waals surface area contributed by atoms with Gasteiger partial charge in [0, 0.05) is 0 Å². The Morgan fingerprint density at radius 1 is 0.214 bits per heavy atom. The maximum atomic E-state index is 2.35. The molecule has 0 aliphatic heterocycles. The highest BCUT2D eigenvalue weighted by Gasteiger charge is 2.18. The third-order valence-electron chi connectivity index (χ3n) is 14.2. The first-order valence-electron chi connectivity index (χ1n) is 24.2. The molecule has 0 atom stereocenters. The van der Waals surface area contributed by atoms with Crippen LogP contribution in [0, 0.1) is 0 Å². The number of rotatable bonds is 8. The second-order valence-corrected chi connectivity index (χ2v) is 18.4. The third kappa shape index (κ3) is 7.63. The topological polar surface area (TPSA) is 0 Å². The molecule has 326 valence electrons. The summed E-state index contributed by atoms with van der Waals surface area (Å²) in [5.41, 5.74) is 14.4. The lowest BCUT2D eigenvalue weighted by atomic mass is 9.85. The van der Waals surface area contributed by atoms with E-state index >= 15 is 0 Å². The smallest absolute Gasteiger partial charge is 0.00264 e. The van der Waals surface area contributed by atoms with Gasteiger partial charge in [-0.3, -0.25) is 0 Å². The molecule has 0 unspecified atom stereocenters. The highest BCUT2D eigenvalue weighted by molar-refractivity contribution is 6.21.